The van der Waals surface area contributed by atoms with Crippen LogP contribution in [-0.2, 0) is 22.0 Å². The monoisotopic (exact) mass is 551 g/mol. The molecule has 3 unspecified atom stereocenters. The molecule has 0 amide bonds. The van der Waals surface area contributed by atoms with Gasteiger partial charge in [-0.25, -0.2) is 8.42 Å². The highest BCUT2D eigenvalue weighted by Crippen LogP contribution is 2.52. The first-order chi connectivity index (χ1) is 19.1. The lowest BCUT2D eigenvalue weighted by molar-refractivity contribution is 0.350. The van der Waals surface area contributed by atoms with Gasteiger partial charge in [0, 0.05) is 29.0 Å². The van der Waals surface area contributed by atoms with Gasteiger partial charge in [-0.1, -0.05) is 77.9 Å². The molecular formula is C35H37NO3S. The number of methoxy groups -OCH3 is 1. The van der Waals surface area contributed by atoms with E-state index in [0.29, 0.717) is 4.90 Å². The van der Waals surface area contributed by atoms with Crippen LogP contribution in [0.5, 0.6) is 5.75 Å². The zero-order valence-corrected chi connectivity index (χ0v) is 24.7. The lowest BCUT2D eigenvalue weighted by atomic mass is 9.64. The second-order valence-electron chi connectivity index (χ2n) is 12.1. The van der Waals surface area contributed by atoms with Crippen molar-refractivity contribution in [1.29, 1.82) is 0 Å². The normalized spacial score (nSPS) is 23.1. The van der Waals surface area contributed by atoms with Gasteiger partial charge in [-0.15, -0.1) is 0 Å². The second kappa shape index (κ2) is 9.90. The second-order valence-corrected chi connectivity index (χ2v) is 14.0. The van der Waals surface area contributed by atoms with E-state index in [1.165, 1.54) is 22.3 Å². The van der Waals surface area contributed by atoms with Crippen LogP contribution < -0.4 is 10.1 Å². The van der Waals surface area contributed by atoms with Crippen LogP contribution in [0.2, 0.25) is 0 Å². The molecule has 1 heterocycles. The number of ether oxygens (including phenoxy) is 1. The Bertz CT molecular complexity index is 1680. The maximum Gasteiger partial charge on any atom is 0.182 e. The van der Waals surface area contributed by atoms with Crippen LogP contribution in [0.25, 0.3) is 5.57 Å². The molecule has 0 spiro atoms. The van der Waals surface area contributed by atoms with Crippen molar-refractivity contribution in [2.75, 3.05) is 7.11 Å². The topological polar surface area (TPSA) is 55.4 Å². The highest BCUT2D eigenvalue weighted by molar-refractivity contribution is 7.90. The van der Waals surface area contributed by atoms with Crippen molar-refractivity contribution in [3.63, 3.8) is 0 Å². The number of benzene rings is 3. The van der Waals surface area contributed by atoms with Crippen molar-refractivity contribution < 1.29 is 13.2 Å². The molecule has 4 nitrogen and oxygen atoms in total. The fourth-order valence-electron chi connectivity index (χ4n) is 6.95. The van der Waals surface area contributed by atoms with E-state index in [0.717, 1.165) is 34.4 Å². The lowest BCUT2D eigenvalue weighted by Crippen LogP contribution is -2.53. The van der Waals surface area contributed by atoms with Gasteiger partial charge in [0.05, 0.1) is 17.8 Å². The van der Waals surface area contributed by atoms with Crippen LogP contribution >= 0.6 is 0 Å². The van der Waals surface area contributed by atoms with E-state index in [1.807, 2.05) is 55.5 Å². The van der Waals surface area contributed by atoms with E-state index in [4.69, 9.17) is 4.74 Å². The summed E-state index contributed by atoms with van der Waals surface area (Å²) in [5, 5.41) is 3.83. The summed E-state index contributed by atoms with van der Waals surface area (Å²) in [6.45, 7) is 8.67. The molecule has 3 aliphatic rings. The Balaban J connectivity index is 1.48. The fraction of sp³-hybridized carbons (Fsp3) is 0.314. The minimum absolute atomic E-state index is 0.0103. The summed E-state index contributed by atoms with van der Waals surface area (Å²) in [6, 6.07) is 21.8. The average molecular weight is 552 g/mol. The largest absolute Gasteiger partial charge is 0.496 e. The summed E-state index contributed by atoms with van der Waals surface area (Å²) in [5.41, 5.74) is 9.13. The number of rotatable bonds is 5. The van der Waals surface area contributed by atoms with Gasteiger partial charge in [-0.05, 0) is 80.2 Å². The number of hydrogen-bond acceptors (Lipinski definition) is 4. The average Bonchev–Trinajstić information content (AvgIpc) is 2.92. The Morgan fingerprint density at radius 3 is 2.50 bits per heavy atom. The first-order valence-corrected chi connectivity index (χ1v) is 15.7. The number of aryl methyl sites for hydroxylation is 1. The fourth-order valence-corrected chi connectivity index (χ4v) is 8.35. The molecule has 206 valence electrons. The van der Waals surface area contributed by atoms with Crippen molar-refractivity contribution in [2.45, 2.75) is 62.3 Å². The van der Waals surface area contributed by atoms with Gasteiger partial charge < -0.3 is 10.1 Å². The Kier molecular flexibility index (Phi) is 6.63. The van der Waals surface area contributed by atoms with Crippen LogP contribution in [0.4, 0.5) is 0 Å². The van der Waals surface area contributed by atoms with Crippen LogP contribution in [0, 0.1) is 12.8 Å². The molecule has 3 aromatic rings. The third-order valence-electron chi connectivity index (χ3n) is 8.59. The third-order valence-corrected chi connectivity index (χ3v) is 10.3. The molecule has 5 heteroatoms. The van der Waals surface area contributed by atoms with Gasteiger partial charge in [0.2, 0.25) is 0 Å². The van der Waals surface area contributed by atoms with Gasteiger partial charge >= 0.3 is 0 Å². The van der Waals surface area contributed by atoms with E-state index in [2.05, 4.69) is 56.4 Å². The number of nitrogens with one attached hydrogen (secondary N) is 1. The van der Waals surface area contributed by atoms with Gasteiger partial charge in [-0.2, -0.15) is 0 Å². The zero-order valence-electron chi connectivity index (χ0n) is 23.9. The number of sulfone groups is 1. The van der Waals surface area contributed by atoms with Gasteiger partial charge in [0.1, 0.15) is 5.75 Å². The predicted octanol–water partition coefficient (Wildman–Crippen LogP) is 6.95. The van der Waals surface area contributed by atoms with Gasteiger partial charge in [0.15, 0.2) is 9.84 Å². The molecule has 0 fully saturated rings. The van der Waals surface area contributed by atoms with Gasteiger partial charge in [-0.3, -0.25) is 0 Å². The SMILES string of the molecule is COc1cccc2c1C1=C(C(c3cccc(S(=O)(=O)Cc4ccc(C)cc4)c3)C2)C2C(C)=CC(C)(C)NC2C=C1. The Morgan fingerprint density at radius 2 is 1.75 bits per heavy atom. The summed E-state index contributed by atoms with van der Waals surface area (Å²) in [5.74, 6) is 1.10. The van der Waals surface area contributed by atoms with E-state index in [9.17, 15) is 8.42 Å². The zero-order chi connectivity index (χ0) is 28.2. The highest BCUT2D eigenvalue weighted by atomic mass is 32.2. The molecule has 0 radical (unpaired) electrons. The molecule has 6 rings (SSSR count). The molecule has 1 N–H and O–H groups in total. The molecule has 2 aliphatic carbocycles. The molecule has 40 heavy (non-hydrogen) atoms. The van der Waals surface area contributed by atoms with Crippen molar-refractivity contribution >= 4 is 15.4 Å². The summed E-state index contributed by atoms with van der Waals surface area (Å²) < 4.78 is 33.0. The number of allylic oxidation sites excluding steroid dienone is 2. The van der Waals surface area contributed by atoms with Gasteiger partial charge in [0.25, 0.3) is 0 Å². The standard InChI is InChI=1S/C35H37NO3S/c1-22-12-14-24(15-13-22)21-40(37,38)27-10-6-8-25(18-27)29-19-26-9-7-11-31(39-5)33(26)28-16-17-30-32(34(28)29)23(2)20-35(3,4)36-30/h6-18,20,29-30,32,36H,19,21H2,1-5H3. The Hall–Kier alpha value is -3.41. The van der Waals surface area contributed by atoms with Crippen LogP contribution in [0.3, 0.4) is 0 Å². The van der Waals surface area contributed by atoms with E-state index < -0.39 is 9.84 Å². The maximum atomic E-state index is 13.6. The van der Waals surface area contributed by atoms with Crippen molar-refractivity contribution in [3.05, 3.63) is 124 Å². The van der Waals surface area contributed by atoms with Crippen molar-refractivity contribution in [3.8, 4) is 5.75 Å². The first kappa shape index (κ1) is 26.8. The summed E-state index contributed by atoms with van der Waals surface area (Å²) in [4.78, 5) is 0.377. The molecule has 0 aromatic heterocycles. The molecule has 1 aliphatic heterocycles. The quantitative estimate of drug-likeness (QED) is 0.349. The highest BCUT2D eigenvalue weighted by Gasteiger charge is 2.42. The molecular weight excluding hydrogens is 514 g/mol. The lowest BCUT2D eigenvalue weighted by Gasteiger charge is -2.46. The molecule has 0 saturated heterocycles. The van der Waals surface area contributed by atoms with Crippen LogP contribution in [0.1, 0.15) is 54.5 Å². The Labute approximate surface area is 238 Å². The van der Waals surface area contributed by atoms with E-state index in [-0.39, 0.29) is 29.2 Å². The Morgan fingerprint density at radius 1 is 1.00 bits per heavy atom. The van der Waals surface area contributed by atoms with E-state index in [1.54, 1.807) is 13.2 Å². The smallest absolute Gasteiger partial charge is 0.182 e. The molecule has 0 saturated carbocycles. The van der Waals surface area contributed by atoms with E-state index >= 15 is 0 Å². The summed E-state index contributed by atoms with van der Waals surface area (Å²) in [7, 11) is -1.78. The minimum atomic E-state index is -3.51. The number of hydrogen-bond donors (Lipinski definition) is 1. The van der Waals surface area contributed by atoms with Crippen molar-refractivity contribution in [1.82, 2.24) is 5.32 Å². The summed E-state index contributed by atoms with van der Waals surface area (Å²) in [6.07, 6.45) is 7.68. The molecule has 3 atom stereocenters. The summed E-state index contributed by atoms with van der Waals surface area (Å²) >= 11 is 0. The van der Waals surface area contributed by atoms with Crippen LogP contribution in [-0.4, -0.2) is 27.1 Å². The molecule has 3 aromatic carbocycles. The van der Waals surface area contributed by atoms with Crippen LogP contribution in [0.15, 0.2) is 101 Å². The minimum Gasteiger partial charge on any atom is -0.496 e. The molecule has 0 bridgehead atoms. The maximum absolute atomic E-state index is 13.6. The first-order valence-electron chi connectivity index (χ1n) is 14.0. The third kappa shape index (κ3) is 4.76. The predicted molar refractivity (Wildman–Crippen MR) is 162 cm³/mol. The number of fused-ring (bicyclic) bond motifs is 4. The van der Waals surface area contributed by atoms with Crippen molar-refractivity contribution in [2.24, 2.45) is 5.92 Å².